The van der Waals surface area contributed by atoms with Crippen molar-refractivity contribution in [3.05, 3.63) is 49.9 Å². The Morgan fingerprint density at radius 2 is 1.96 bits per heavy atom. The summed E-state index contributed by atoms with van der Waals surface area (Å²) in [5.41, 5.74) is -3.72. The maximum atomic E-state index is 13.0. The molecule has 11 heteroatoms. The molecule has 1 unspecified atom stereocenters. The van der Waals surface area contributed by atoms with E-state index in [0.717, 1.165) is 10.7 Å². The lowest BCUT2D eigenvalue weighted by Crippen LogP contribution is -2.36. The maximum Gasteiger partial charge on any atom is 0.416 e. The molecule has 27 heavy (non-hydrogen) atoms. The molecule has 148 valence electrons. The number of aryl methyl sites for hydroxylation is 1. The van der Waals surface area contributed by atoms with Crippen molar-refractivity contribution in [3.63, 3.8) is 0 Å². The molecule has 1 atom stereocenters. The van der Waals surface area contributed by atoms with Crippen LogP contribution in [0.3, 0.4) is 0 Å². The number of hydrogen-bond acceptors (Lipinski definition) is 5. The van der Waals surface area contributed by atoms with E-state index in [1.807, 2.05) is 0 Å². The molecule has 1 aromatic heterocycles. The van der Waals surface area contributed by atoms with Crippen LogP contribution in [0, 0.1) is 0 Å². The Bertz CT molecular complexity index is 981. The minimum atomic E-state index is -4.70. The second-order valence-electron chi connectivity index (χ2n) is 5.68. The number of halogens is 3. The van der Waals surface area contributed by atoms with Crippen molar-refractivity contribution in [1.82, 2.24) is 9.78 Å². The Balaban J connectivity index is 2.80. The minimum absolute atomic E-state index is 0.114. The third-order valence-electron chi connectivity index (χ3n) is 3.65. The number of aromatic nitrogens is 2. The summed E-state index contributed by atoms with van der Waals surface area (Å²) in [6.45, 7) is 1.97. The number of alkyl halides is 3. The topological polar surface area (TPSA) is 104 Å². The molecule has 0 fully saturated rings. The van der Waals surface area contributed by atoms with E-state index >= 15 is 0 Å². The first-order valence-corrected chi connectivity index (χ1v) is 9.03. The van der Waals surface area contributed by atoms with Gasteiger partial charge in [0.1, 0.15) is 0 Å². The first-order valence-electron chi connectivity index (χ1n) is 7.78. The van der Waals surface area contributed by atoms with E-state index in [9.17, 15) is 31.5 Å². The molecule has 2 rings (SSSR count). The zero-order valence-corrected chi connectivity index (χ0v) is 15.2. The van der Waals surface area contributed by atoms with Crippen LogP contribution in [0.2, 0.25) is 0 Å². The molecule has 0 aliphatic carbocycles. The molecule has 1 aromatic carbocycles. The van der Waals surface area contributed by atoms with E-state index in [2.05, 4.69) is 5.10 Å². The number of aromatic amines is 1. The second kappa shape index (κ2) is 8.09. The highest BCUT2D eigenvalue weighted by Gasteiger charge is 2.31. The number of H-pyrrole nitrogens is 1. The van der Waals surface area contributed by atoms with Crippen molar-refractivity contribution in [1.29, 1.82) is 0 Å². The van der Waals surface area contributed by atoms with Crippen LogP contribution in [0.25, 0.3) is 11.1 Å². The lowest BCUT2D eigenvalue weighted by molar-refractivity contribution is -0.137. The molecule has 0 saturated carbocycles. The molecule has 0 bridgehead atoms. The molecule has 0 amide bonds. The average Bonchev–Trinajstić information content (AvgIpc) is 2.57. The van der Waals surface area contributed by atoms with Gasteiger partial charge in [-0.2, -0.15) is 13.2 Å². The van der Waals surface area contributed by atoms with Crippen LogP contribution in [0.5, 0.6) is 5.88 Å². The van der Waals surface area contributed by atoms with Gasteiger partial charge in [0.05, 0.1) is 17.7 Å². The smallest absolute Gasteiger partial charge is 0.416 e. The number of hydrogen-bond donors (Lipinski definition) is 1. The molecule has 7 nitrogen and oxygen atoms in total. The molecule has 1 N–H and O–H groups in total. The lowest BCUT2D eigenvalue weighted by atomic mass is 9.99. The van der Waals surface area contributed by atoms with Crippen LogP contribution < -0.4 is 15.7 Å². The van der Waals surface area contributed by atoms with Crippen LogP contribution in [0.15, 0.2) is 27.8 Å². The summed E-state index contributed by atoms with van der Waals surface area (Å²) in [6, 6.07) is 2.33. The lowest BCUT2D eigenvalue weighted by Gasteiger charge is -2.17. The van der Waals surface area contributed by atoms with Crippen molar-refractivity contribution >= 4 is 11.1 Å². The van der Waals surface area contributed by atoms with Crippen LogP contribution in [0.1, 0.15) is 24.5 Å². The monoisotopic (exact) mass is 405 g/mol. The maximum absolute atomic E-state index is 13.0. The quantitative estimate of drug-likeness (QED) is 0.584. The SMILES string of the molecule is CCCOc1[nH]n(C)c(=O)c(=O)c1-c1ccc(C(F)(F)F)cc1CS(=O)[O-]. The second-order valence-corrected chi connectivity index (χ2v) is 6.57. The van der Waals surface area contributed by atoms with E-state index in [4.69, 9.17) is 4.74 Å². The summed E-state index contributed by atoms with van der Waals surface area (Å²) in [5.74, 6) is -0.886. The Morgan fingerprint density at radius 1 is 1.30 bits per heavy atom. The highest BCUT2D eigenvalue weighted by molar-refractivity contribution is 7.78. The van der Waals surface area contributed by atoms with Crippen LogP contribution >= 0.6 is 0 Å². The van der Waals surface area contributed by atoms with Gasteiger partial charge >= 0.3 is 11.7 Å². The summed E-state index contributed by atoms with van der Waals surface area (Å²) in [5, 5.41) is 2.55. The largest absolute Gasteiger partial charge is 0.772 e. The predicted octanol–water partition coefficient (Wildman–Crippen LogP) is 1.93. The van der Waals surface area contributed by atoms with Gasteiger partial charge in [-0.15, -0.1) is 0 Å². The molecule has 0 aliphatic rings. The Kier molecular flexibility index (Phi) is 6.26. The fraction of sp³-hybridized carbons (Fsp3) is 0.375. The highest BCUT2D eigenvalue weighted by Crippen LogP contribution is 2.35. The number of nitrogens with zero attached hydrogens (tertiary/aromatic N) is 1. The van der Waals surface area contributed by atoms with Gasteiger partial charge in [0, 0.05) is 12.8 Å². The van der Waals surface area contributed by atoms with Crippen LogP contribution in [-0.2, 0) is 30.1 Å². The summed E-state index contributed by atoms with van der Waals surface area (Å²) in [4.78, 5) is 24.5. The number of ether oxygens (including phenoxy) is 1. The molecular weight excluding hydrogens is 389 g/mol. The van der Waals surface area contributed by atoms with E-state index in [0.29, 0.717) is 18.6 Å². The van der Waals surface area contributed by atoms with Crippen molar-refractivity contribution in [2.24, 2.45) is 7.05 Å². The fourth-order valence-corrected chi connectivity index (χ4v) is 2.93. The molecule has 1 heterocycles. The van der Waals surface area contributed by atoms with Gasteiger partial charge in [-0.1, -0.05) is 24.1 Å². The zero-order valence-electron chi connectivity index (χ0n) is 14.4. The van der Waals surface area contributed by atoms with E-state index in [1.165, 1.54) is 7.05 Å². The Hall–Kier alpha value is -2.40. The van der Waals surface area contributed by atoms with Gasteiger partial charge in [-0.3, -0.25) is 23.6 Å². The summed E-state index contributed by atoms with van der Waals surface area (Å²) >= 11 is -2.72. The molecule has 0 spiro atoms. The van der Waals surface area contributed by atoms with Crippen molar-refractivity contribution < 1.29 is 26.7 Å². The predicted molar refractivity (Wildman–Crippen MR) is 91.2 cm³/mol. The molecule has 2 aromatic rings. The highest BCUT2D eigenvalue weighted by atomic mass is 32.2. The van der Waals surface area contributed by atoms with E-state index in [1.54, 1.807) is 6.92 Å². The summed E-state index contributed by atoms with van der Waals surface area (Å²) in [6.07, 6.45) is -4.13. The normalized spacial score (nSPS) is 12.8. The number of nitrogens with one attached hydrogen (secondary N) is 1. The van der Waals surface area contributed by atoms with E-state index in [-0.39, 0.29) is 29.2 Å². The van der Waals surface area contributed by atoms with E-state index < -0.39 is 39.6 Å². The van der Waals surface area contributed by atoms with Crippen LogP contribution in [0.4, 0.5) is 13.2 Å². The van der Waals surface area contributed by atoms with Crippen molar-refractivity contribution in [2.75, 3.05) is 6.61 Å². The average molecular weight is 405 g/mol. The number of benzene rings is 1. The van der Waals surface area contributed by atoms with Gasteiger partial charge in [0.2, 0.25) is 5.88 Å². The van der Waals surface area contributed by atoms with Crippen LogP contribution in [-0.4, -0.2) is 25.1 Å². The molecule has 0 aliphatic heterocycles. The molecule has 0 saturated heterocycles. The first-order chi connectivity index (χ1) is 12.6. The minimum Gasteiger partial charge on any atom is -0.772 e. The fourth-order valence-electron chi connectivity index (χ4n) is 2.43. The van der Waals surface area contributed by atoms with Crippen molar-refractivity contribution in [2.45, 2.75) is 25.3 Å². The molecule has 0 radical (unpaired) electrons. The zero-order chi connectivity index (χ0) is 20.4. The van der Waals surface area contributed by atoms with Crippen molar-refractivity contribution in [3.8, 4) is 17.0 Å². The Morgan fingerprint density at radius 3 is 2.52 bits per heavy atom. The number of rotatable bonds is 6. The third-order valence-corrected chi connectivity index (χ3v) is 4.19. The summed E-state index contributed by atoms with van der Waals surface area (Å²) < 4.78 is 67.5. The van der Waals surface area contributed by atoms with Gasteiger partial charge in [-0.25, -0.2) is 0 Å². The van der Waals surface area contributed by atoms with Gasteiger partial charge in [0.25, 0.3) is 5.43 Å². The van der Waals surface area contributed by atoms with Gasteiger partial charge in [0.15, 0.2) is 0 Å². The summed E-state index contributed by atoms with van der Waals surface area (Å²) in [7, 11) is 1.28. The van der Waals surface area contributed by atoms with Gasteiger partial charge < -0.3 is 9.29 Å². The third kappa shape index (κ3) is 4.66. The van der Waals surface area contributed by atoms with Gasteiger partial charge in [-0.05, 0) is 29.7 Å². The molecular formula is C16H16F3N2O5S-. The Labute approximate surface area is 154 Å². The standard InChI is InChI=1S/C16H17F3N2O5S/c1-3-6-26-14-12(13(22)15(23)21(2)20-14)11-5-4-10(16(17,18)19)7-9(11)8-27(24)25/h4-5,7,20H,3,6,8H2,1-2H3,(H,24,25)/p-1. The first kappa shape index (κ1) is 20.9.